The van der Waals surface area contributed by atoms with Gasteiger partial charge in [-0.2, -0.15) is 5.10 Å². The lowest BCUT2D eigenvalue weighted by Crippen LogP contribution is -2.18. The Hall–Kier alpha value is -3.56. The van der Waals surface area contributed by atoms with E-state index in [1.54, 1.807) is 13.1 Å². The highest BCUT2D eigenvalue weighted by Crippen LogP contribution is 2.36. The molecule has 0 saturated heterocycles. The van der Waals surface area contributed by atoms with Gasteiger partial charge in [-0.05, 0) is 37.7 Å². The van der Waals surface area contributed by atoms with Crippen molar-refractivity contribution in [2.24, 2.45) is 7.05 Å². The van der Waals surface area contributed by atoms with Gasteiger partial charge in [0.25, 0.3) is 5.91 Å². The Morgan fingerprint density at radius 1 is 1.15 bits per heavy atom. The van der Waals surface area contributed by atoms with E-state index in [9.17, 15) is 9.59 Å². The van der Waals surface area contributed by atoms with Gasteiger partial charge in [-0.3, -0.25) is 14.4 Å². The molecule has 9 heteroatoms. The van der Waals surface area contributed by atoms with Crippen LogP contribution in [0.5, 0.6) is 0 Å². The highest BCUT2D eigenvalue weighted by molar-refractivity contribution is 7.21. The quantitative estimate of drug-likeness (QED) is 0.417. The fourth-order valence-corrected chi connectivity index (χ4v) is 4.76. The van der Waals surface area contributed by atoms with Crippen LogP contribution in [0.1, 0.15) is 37.1 Å². The minimum Gasteiger partial charge on any atom is -0.465 e. The zero-order valence-electron chi connectivity index (χ0n) is 19.0. The lowest BCUT2D eigenvalue weighted by Gasteiger charge is -2.16. The van der Waals surface area contributed by atoms with Crippen LogP contribution in [-0.4, -0.2) is 45.7 Å². The van der Waals surface area contributed by atoms with Gasteiger partial charge >= 0.3 is 5.97 Å². The summed E-state index contributed by atoms with van der Waals surface area (Å²) in [6.07, 6.45) is 0. The van der Waals surface area contributed by atoms with Gasteiger partial charge < -0.3 is 10.1 Å². The maximum atomic E-state index is 12.9. The van der Waals surface area contributed by atoms with Crippen LogP contribution in [0.4, 0.5) is 5.69 Å². The van der Waals surface area contributed by atoms with Crippen molar-refractivity contribution in [3.05, 3.63) is 76.1 Å². The van der Waals surface area contributed by atoms with Gasteiger partial charge in [-0.1, -0.05) is 30.3 Å². The maximum Gasteiger partial charge on any atom is 0.350 e. The fraction of sp³-hybridized carbons (Fsp3) is 0.250. The largest absolute Gasteiger partial charge is 0.465 e. The molecule has 1 N–H and O–H groups in total. The van der Waals surface area contributed by atoms with Crippen LogP contribution in [0.25, 0.3) is 10.2 Å². The molecule has 3 aromatic heterocycles. The Bertz CT molecular complexity index is 1310. The molecule has 0 aliphatic carbocycles. The number of carbonyl (C=O) groups is 2. The van der Waals surface area contributed by atoms with Crippen molar-refractivity contribution in [3.8, 4) is 0 Å². The lowest BCUT2D eigenvalue weighted by atomic mass is 10.2. The van der Waals surface area contributed by atoms with E-state index in [0.717, 1.165) is 17.9 Å². The van der Waals surface area contributed by atoms with E-state index < -0.39 is 5.97 Å². The minimum atomic E-state index is -0.516. The number of ether oxygens (including phenoxy) is 1. The first-order valence-electron chi connectivity index (χ1n) is 10.4. The molecule has 1 amide bonds. The van der Waals surface area contributed by atoms with Gasteiger partial charge in [-0.25, -0.2) is 9.78 Å². The van der Waals surface area contributed by atoms with Gasteiger partial charge in [-0.15, -0.1) is 11.3 Å². The molecule has 0 saturated carbocycles. The molecule has 0 fully saturated rings. The van der Waals surface area contributed by atoms with Crippen LogP contribution < -0.4 is 5.32 Å². The second-order valence-corrected chi connectivity index (χ2v) is 8.86. The molecule has 0 aliphatic heterocycles. The summed E-state index contributed by atoms with van der Waals surface area (Å²) in [5.41, 5.74) is 3.63. The number of fused-ring (bicyclic) bond motifs is 1. The first kappa shape index (κ1) is 22.6. The normalized spacial score (nSPS) is 11.2. The summed E-state index contributed by atoms with van der Waals surface area (Å²) >= 11 is 1.21. The number of hydrogen-bond donors (Lipinski definition) is 1. The molecule has 33 heavy (non-hydrogen) atoms. The summed E-state index contributed by atoms with van der Waals surface area (Å²) in [6, 6.07) is 15.7. The van der Waals surface area contributed by atoms with Crippen molar-refractivity contribution in [3.63, 3.8) is 0 Å². The Morgan fingerprint density at radius 2 is 1.91 bits per heavy atom. The summed E-state index contributed by atoms with van der Waals surface area (Å²) in [5.74, 6) is -0.869. The average Bonchev–Trinajstić information content (AvgIpc) is 3.32. The van der Waals surface area contributed by atoms with Crippen LogP contribution in [-0.2, 0) is 24.9 Å². The lowest BCUT2D eigenvalue weighted by molar-refractivity contribution is 0.0607. The molecule has 0 unspecified atom stereocenters. The number of carbonyl (C=O) groups excluding carboxylic acids is 2. The minimum absolute atomic E-state index is 0.307. The Morgan fingerprint density at radius 3 is 2.58 bits per heavy atom. The van der Waals surface area contributed by atoms with Gasteiger partial charge in [0.1, 0.15) is 15.4 Å². The van der Waals surface area contributed by atoms with Crippen molar-refractivity contribution < 1.29 is 14.3 Å². The molecule has 4 rings (SSSR count). The molecule has 170 valence electrons. The molecule has 0 bridgehead atoms. The number of hydrogen-bond acceptors (Lipinski definition) is 7. The number of amides is 1. The molecule has 0 radical (unpaired) electrons. The van der Waals surface area contributed by atoms with E-state index in [4.69, 9.17) is 9.72 Å². The van der Waals surface area contributed by atoms with E-state index >= 15 is 0 Å². The second-order valence-electron chi connectivity index (χ2n) is 7.86. The number of nitrogens with zero attached hydrogens (tertiary/aromatic N) is 4. The number of nitrogens with one attached hydrogen (secondary N) is 1. The van der Waals surface area contributed by atoms with E-state index in [1.807, 2.05) is 44.3 Å². The van der Waals surface area contributed by atoms with Crippen LogP contribution in [0.2, 0.25) is 0 Å². The molecule has 3 heterocycles. The number of aromatic nitrogens is 3. The predicted octanol–water partition coefficient (Wildman–Crippen LogP) is 4.01. The first-order valence-corrected chi connectivity index (χ1v) is 11.2. The third kappa shape index (κ3) is 4.94. The van der Waals surface area contributed by atoms with Gasteiger partial charge in [0.15, 0.2) is 0 Å². The smallest absolute Gasteiger partial charge is 0.350 e. The Balaban J connectivity index is 1.62. The van der Waals surface area contributed by atoms with Gasteiger partial charge in [0.05, 0.1) is 24.2 Å². The number of pyridine rings is 1. The molecule has 8 nitrogen and oxygen atoms in total. The zero-order valence-corrected chi connectivity index (χ0v) is 19.8. The number of benzene rings is 1. The number of esters is 1. The predicted molar refractivity (Wildman–Crippen MR) is 128 cm³/mol. The summed E-state index contributed by atoms with van der Waals surface area (Å²) in [6.45, 7) is 3.26. The number of anilines is 1. The summed E-state index contributed by atoms with van der Waals surface area (Å²) < 4.78 is 6.46. The van der Waals surface area contributed by atoms with Crippen molar-refractivity contribution >= 4 is 39.1 Å². The first-order chi connectivity index (χ1) is 15.9. The molecule has 0 atom stereocenters. The third-order valence-corrected chi connectivity index (χ3v) is 6.26. The summed E-state index contributed by atoms with van der Waals surface area (Å²) in [5, 5.41) is 7.78. The average molecular weight is 464 g/mol. The Labute approximate surface area is 195 Å². The SMILES string of the molecule is COC(=O)c1sc2nc(CN(C)Cc3ccccc3)ccc2c1NC(=O)c1cc(C)nn1C. The molecule has 0 aliphatic rings. The molecule has 1 aromatic carbocycles. The van der Waals surface area contributed by atoms with Crippen LogP contribution in [0, 0.1) is 6.92 Å². The number of thiophene rings is 1. The number of aryl methyl sites for hydroxylation is 2. The van der Waals surface area contributed by atoms with Crippen molar-refractivity contribution in [1.82, 2.24) is 19.7 Å². The zero-order chi connectivity index (χ0) is 23.5. The molecule has 0 spiro atoms. The Kier molecular flexibility index (Phi) is 6.52. The van der Waals surface area contributed by atoms with Gasteiger partial charge in [0, 0.05) is 25.5 Å². The van der Waals surface area contributed by atoms with Crippen molar-refractivity contribution in [2.45, 2.75) is 20.0 Å². The topological polar surface area (TPSA) is 89.3 Å². The monoisotopic (exact) mass is 463 g/mol. The highest BCUT2D eigenvalue weighted by atomic mass is 32.1. The van der Waals surface area contributed by atoms with Crippen molar-refractivity contribution in [1.29, 1.82) is 0 Å². The van der Waals surface area contributed by atoms with Crippen LogP contribution in [0.15, 0.2) is 48.5 Å². The van der Waals surface area contributed by atoms with Crippen molar-refractivity contribution in [2.75, 3.05) is 19.5 Å². The van der Waals surface area contributed by atoms with E-state index in [2.05, 4.69) is 27.4 Å². The molecular weight excluding hydrogens is 438 g/mol. The van der Waals surface area contributed by atoms with Crippen LogP contribution in [0.3, 0.4) is 0 Å². The number of methoxy groups -OCH3 is 1. The third-order valence-electron chi connectivity index (χ3n) is 5.18. The summed E-state index contributed by atoms with van der Waals surface area (Å²) in [4.78, 5) is 33.2. The van der Waals surface area contributed by atoms with Gasteiger partial charge in [0.2, 0.25) is 0 Å². The standard InChI is InChI=1S/C24H25N5O3S/c1-15-12-19(29(3)27-15)22(30)26-20-18-11-10-17(25-23(18)33-21(20)24(31)32-4)14-28(2)13-16-8-6-5-7-9-16/h5-12H,13-14H2,1-4H3,(H,26,30). The second kappa shape index (κ2) is 9.51. The maximum absolute atomic E-state index is 12.9. The summed E-state index contributed by atoms with van der Waals surface area (Å²) in [7, 11) is 5.06. The molecular formula is C24H25N5O3S. The molecule has 4 aromatic rings. The number of rotatable bonds is 7. The van der Waals surface area contributed by atoms with E-state index in [-0.39, 0.29) is 5.91 Å². The van der Waals surface area contributed by atoms with E-state index in [0.29, 0.717) is 33.0 Å². The fourth-order valence-electron chi connectivity index (χ4n) is 3.69. The highest BCUT2D eigenvalue weighted by Gasteiger charge is 2.23. The van der Waals surface area contributed by atoms with E-state index in [1.165, 1.54) is 28.7 Å². The van der Waals surface area contributed by atoms with Crippen LogP contribution >= 0.6 is 11.3 Å².